The third-order valence-corrected chi connectivity index (χ3v) is 2.61. The van der Waals surface area contributed by atoms with E-state index >= 15 is 0 Å². The number of nitrogens with zero attached hydrogens (tertiary/aromatic N) is 1. The average molecular weight is 233 g/mol. The molecular weight excluding hydrogens is 218 g/mol. The molecule has 90 valence electrons. The molecule has 2 rings (SSSR count). The second-order valence-electron chi connectivity index (χ2n) is 4.00. The predicted molar refractivity (Wildman–Crippen MR) is 65.1 cm³/mol. The fourth-order valence-corrected chi connectivity index (χ4v) is 1.82. The summed E-state index contributed by atoms with van der Waals surface area (Å²) in [4.78, 5) is 18.0. The monoisotopic (exact) mass is 233 g/mol. The van der Waals surface area contributed by atoms with E-state index in [1.807, 2.05) is 26.8 Å². The lowest BCUT2D eigenvalue weighted by atomic mass is 10.1. The van der Waals surface area contributed by atoms with Gasteiger partial charge in [0, 0.05) is 18.0 Å². The number of aromatic amines is 1. The van der Waals surface area contributed by atoms with E-state index in [0.717, 1.165) is 17.1 Å². The Kier molecular flexibility index (Phi) is 2.99. The van der Waals surface area contributed by atoms with E-state index in [1.54, 1.807) is 6.20 Å². The number of H-pyrrole nitrogens is 1. The van der Waals surface area contributed by atoms with Crippen molar-refractivity contribution in [1.82, 2.24) is 9.97 Å². The number of anilines is 1. The maximum Gasteiger partial charge on any atom is 0.290 e. The highest BCUT2D eigenvalue weighted by Gasteiger charge is 2.13. The van der Waals surface area contributed by atoms with E-state index in [9.17, 15) is 4.79 Å². The number of nitrogens with one attached hydrogen (secondary N) is 2. The summed E-state index contributed by atoms with van der Waals surface area (Å²) in [6, 6.07) is 1.94. The molecule has 0 aromatic carbocycles. The standard InChI is InChI=1S/C12H15N3O2/c1-7-6-10(9(3)17-7)8(2)15-11-12(16)14-5-4-13-11/h4-6,8H,1-3H3,(H,13,15)(H,14,16). The topological polar surface area (TPSA) is 70.9 Å². The molecule has 0 amide bonds. The highest BCUT2D eigenvalue weighted by Crippen LogP contribution is 2.23. The molecule has 1 atom stereocenters. The molecule has 2 aromatic rings. The molecule has 0 fully saturated rings. The van der Waals surface area contributed by atoms with Gasteiger partial charge in [0.1, 0.15) is 11.5 Å². The first kappa shape index (κ1) is 11.4. The van der Waals surface area contributed by atoms with Crippen LogP contribution in [0.3, 0.4) is 0 Å². The van der Waals surface area contributed by atoms with Crippen LogP contribution in [-0.4, -0.2) is 9.97 Å². The maximum absolute atomic E-state index is 11.5. The summed E-state index contributed by atoms with van der Waals surface area (Å²) in [5.41, 5.74) is 0.810. The number of aryl methyl sites for hydroxylation is 2. The summed E-state index contributed by atoms with van der Waals surface area (Å²) < 4.78 is 5.46. The Balaban J connectivity index is 2.23. The zero-order valence-electron chi connectivity index (χ0n) is 10.1. The van der Waals surface area contributed by atoms with Crippen LogP contribution in [0.2, 0.25) is 0 Å². The molecule has 1 unspecified atom stereocenters. The highest BCUT2D eigenvalue weighted by atomic mass is 16.3. The van der Waals surface area contributed by atoms with E-state index in [2.05, 4.69) is 15.3 Å². The van der Waals surface area contributed by atoms with Gasteiger partial charge in [0.15, 0.2) is 5.82 Å². The van der Waals surface area contributed by atoms with Gasteiger partial charge >= 0.3 is 0 Å². The van der Waals surface area contributed by atoms with Gasteiger partial charge in [-0.3, -0.25) is 4.79 Å². The molecule has 0 radical (unpaired) electrons. The van der Waals surface area contributed by atoms with Gasteiger partial charge in [0.05, 0.1) is 6.04 Å². The van der Waals surface area contributed by atoms with E-state index in [-0.39, 0.29) is 11.6 Å². The first-order valence-corrected chi connectivity index (χ1v) is 5.45. The van der Waals surface area contributed by atoms with Crippen LogP contribution < -0.4 is 10.9 Å². The summed E-state index contributed by atoms with van der Waals surface area (Å²) in [6.45, 7) is 5.77. The highest BCUT2D eigenvalue weighted by molar-refractivity contribution is 5.36. The van der Waals surface area contributed by atoms with Gasteiger partial charge in [-0.2, -0.15) is 0 Å². The van der Waals surface area contributed by atoms with Crippen LogP contribution in [0.5, 0.6) is 0 Å². The molecule has 5 heteroatoms. The van der Waals surface area contributed by atoms with Gasteiger partial charge in [-0.05, 0) is 26.8 Å². The Morgan fingerprint density at radius 3 is 2.82 bits per heavy atom. The Labute approximate surface area is 98.9 Å². The second-order valence-corrected chi connectivity index (χ2v) is 4.00. The molecule has 0 bridgehead atoms. The molecule has 0 aliphatic carbocycles. The molecule has 5 nitrogen and oxygen atoms in total. The lowest BCUT2D eigenvalue weighted by Gasteiger charge is -2.12. The fourth-order valence-electron chi connectivity index (χ4n) is 1.82. The first-order chi connectivity index (χ1) is 8.08. The van der Waals surface area contributed by atoms with Crippen LogP contribution in [0.25, 0.3) is 0 Å². The zero-order valence-corrected chi connectivity index (χ0v) is 10.1. The minimum atomic E-state index is -0.225. The van der Waals surface area contributed by atoms with Crippen molar-refractivity contribution in [2.24, 2.45) is 0 Å². The Morgan fingerprint density at radius 2 is 2.24 bits per heavy atom. The molecule has 0 saturated heterocycles. The zero-order chi connectivity index (χ0) is 12.4. The number of rotatable bonds is 3. The van der Waals surface area contributed by atoms with E-state index in [4.69, 9.17) is 4.42 Å². The largest absolute Gasteiger partial charge is 0.466 e. The smallest absolute Gasteiger partial charge is 0.290 e. The lowest BCUT2D eigenvalue weighted by molar-refractivity contribution is 0.499. The van der Waals surface area contributed by atoms with E-state index in [1.165, 1.54) is 6.20 Å². The van der Waals surface area contributed by atoms with Crippen molar-refractivity contribution in [2.45, 2.75) is 26.8 Å². The fraction of sp³-hybridized carbons (Fsp3) is 0.333. The summed E-state index contributed by atoms with van der Waals surface area (Å²) in [5.74, 6) is 2.04. The van der Waals surface area contributed by atoms with Crippen LogP contribution in [0.1, 0.15) is 30.0 Å². The van der Waals surface area contributed by atoms with Gasteiger partial charge in [0.25, 0.3) is 5.56 Å². The second kappa shape index (κ2) is 4.45. The Bertz CT molecular complexity index is 571. The lowest BCUT2D eigenvalue weighted by Crippen LogP contribution is -2.18. The van der Waals surface area contributed by atoms with Crippen molar-refractivity contribution in [1.29, 1.82) is 0 Å². The quantitative estimate of drug-likeness (QED) is 0.852. The van der Waals surface area contributed by atoms with Gasteiger partial charge in [-0.25, -0.2) is 4.98 Å². The molecule has 2 heterocycles. The molecule has 17 heavy (non-hydrogen) atoms. The molecule has 2 aromatic heterocycles. The number of furan rings is 1. The SMILES string of the molecule is Cc1cc(C(C)Nc2ncc[nH]c2=O)c(C)o1. The van der Waals surface area contributed by atoms with Crippen LogP contribution in [0.15, 0.2) is 27.7 Å². The van der Waals surface area contributed by atoms with Gasteiger partial charge in [0.2, 0.25) is 0 Å². The maximum atomic E-state index is 11.5. The van der Waals surface area contributed by atoms with Crippen molar-refractivity contribution in [3.63, 3.8) is 0 Å². The number of aromatic nitrogens is 2. The number of hydrogen-bond acceptors (Lipinski definition) is 4. The van der Waals surface area contributed by atoms with Crippen molar-refractivity contribution in [2.75, 3.05) is 5.32 Å². The molecule has 0 aliphatic rings. The summed E-state index contributed by atoms with van der Waals surface area (Å²) in [7, 11) is 0. The number of hydrogen-bond donors (Lipinski definition) is 2. The average Bonchev–Trinajstić information content (AvgIpc) is 2.61. The van der Waals surface area contributed by atoms with Crippen LogP contribution in [-0.2, 0) is 0 Å². The van der Waals surface area contributed by atoms with E-state index in [0.29, 0.717) is 5.82 Å². The normalized spacial score (nSPS) is 12.4. The third kappa shape index (κ3) is 2.38. The molecule has 0 saturated carbocycles. The minimum Gasteiger partial charge on any atom is -0.466 e. The molecular formula is C12H15N3O2. The van der Waals surface area contributed by atoms with Crippen LogP contribution in [0, 0.1) is 13.8 Å². The van der Waals surface area contributed by atoms with Gasteiger partial charge in [-0.15, -0.1) is 0 Å². The summed E-state index contributed by atoms with van der Waals surface area (Å²) >= 11 is 0. The third-order valence-electron chi connectivity index (χ3n) is 2.61. The predicted octanol–water partition coefficient (Wildman–Crippen LogP) is 2.15. The van der Waals surface area contributed by atoms with Crippen molar-refractivity contribution in [3.05, 3.63) is 45.9 Å². The van der Waals surface area contributed by atoms with Crippen molar-refractivity contribution < 1.29 is 4.42 Å². The summed E-state index contributed by atoms with van der Waals surface area (Å²) in [5, 5.41) is 3.07. The van der Waals surface area contributed by atoms with Crippen molar-refractivity contribution in [3.8, 4) is 0 Å². The van der Waals surface area contributed by atoms with Crippen molar-refractivity contribution >= 4 is 5.82 Å². The Hall–Kier alpha value is -2.04. The molecule has 2 N–H and O–H groups in total. The minimum absolute atomic E-state index is 0.0246. The summed E-state index contributed by atoms with van der Waals surface area (Å²) in [6.07, 6.45) is 3.05. The molecule has 0 aliphatic heterocycles. The Morgan fingerprint density at radius 1 is 1.47 bits per heavy atom. The van der Waals surface area contributed by atoms with E-state index < -0.39 is 0 Å². The van der Waals surface area contributed by atoms with Crippen LogP contribution >= 0.6 is 0 Å². The molecule has 0 spiro atoms. The van der Waals surface area contributed by atoms with Gasteiger partial charge < -0.3 is 14.7 Å². The first-order valence-electron chi connectivity index (χ1n) is 5.45. The van der Waals surface area contributed by atoms with Gasteiger partial charge in [-0.1, -0.05) is 0 Å². The van der Waals surface area contributed by atoms with Crippen LogP contribution in [0.4, 0.5) is 5.82 Å².